The maximum atomic E-state index is 11.6. The molecule has 1 saturated carbocycles. The minimum Gasteiger partial charge on any atom is -0.356 e. The first-order valence-electron chi connectivity index (χ1n) is 9.72. The van der Waals surface area contributed by atoms with Crippen LogP contribution >= 0.6 is 0 Å². The van der Waals surface area contributed by atoms with Gasteiger partial charge in [0, 0.05) is 32.7 Å². The van der Waals surface area contributed by atoms with Gasteiger partial charge in [-0.3, -0.25) is 4.99 Å². The largest absolute Gasteiger partial charge is 0.356 e. The van der Waals surface area contributed by atoms with E-state index < -0.39 is 10.0 Å². The average molecular weight is 373 g/mol. The molecule has 25 heavy (non-hydrogen) atoms. The van der Waals surface area contributed by atoms with Crippen LogP contribution in [0.3, 0.4) is 0 Å². The van der Waals surface area contributed by atoms with Gasteiger partial charge in [0.2, 0.25) is 10.0 Å². The van der Waals surface area contributed by atoms with Crippen LogP contribution in [-0.2, 0) is 10.0 Å². The summed E-state index contributed by atoms with van der Waals surface area (Å²) in [6.07, 6.45) is 8.16. The Morgan fingerprint density at radius 3 is 2.20 bits per heavy atom. The lowest BCUT2D eigenvalue weighted by atomic mass is 9.80. The third-order valence-corrected chi connectivity index (χ3v) is 7.18. The molecule has 0 spiro atoms. The standard InChI is InChI=1S/C18H36N4O2S/c1-14(2)16-5-7-17(8-6-16)21-18(19-3)20-13-15-9-11-22(12-10-15)25(4,23)24/h14-17H,5-13H2,1-4H3,(H2,19,20,21). The van der Waals surface area contributed by atoms with Crippen LogP contribution in [0.1, 0.15) is 52.4 Å². The predicted octanol–water partition coefficient (Wildman–Crippen LogP) is 2.04. The van der Waals surface area contributed by atoms with Crippen molar-refractivity contribution in [3.63, 3.8) is 0 Å². The lowest BCUT2D eigenvalue weighted by molar-refractivity contribution is 0.249. The number of hydrogen-bond donors (Lipinski definition) is 2. The molecule has 1 aliphatic carbocycles. The Kier molecular flexibility index (Phi) is 7.55. The molecule has 2 N–H and O–H groups in total. The smallest absolute Gasteiger partial charge is 0.211 e. The number of aliphatic imine (C=N–C) groups is 1. The lowest BCUT2D eigenvalue weighted by Crippen LogP contribution is -2.47. The van der Waals surface area contributed by atoms with Crippen molar-refractivity contribution in [2.45, 2.75) is 58.4 Å². The SMILES string of the molecule is CN=C(NCC1CCN(S(C)(=O)=O)CC1)NC1CCC(C(C)C)CC1. The zero-order chi connectivity index (χ0) is 18.4. The molecule has 1 aliphatic heterocycles. The van der Waals surface area contributed by atoms with Gasteiger partial charge in [-0.05, 0) is 56.3 Å². The Morgan fingerprint density at radius 2 is 1.72 bits per heavy atom. The van der Waals surface area contributed by atoms with E-state index in [2.05, 4.69) is 29.5 Å². The minimum atomic E-state index is -3.04. The molecule has 2 rings (SSSR count). The maximum Gasteiger partial charge on any atom is 0.211 e. The van der Waals surface area contributed by atoms with Gasteiger partial charge in [0.1, 0.15) is 0 Å². The molecule has 0 aromatic heterocycles. The third-order valence-electron chi connectivity index (χ3n) is 5.88. The normalized spacial score (nSPS) is 27.5. The van der Waals surface area contributed by atoms with E-state index in [1.54, 1.807) is 4.31 Å². The molecule has 146 valence electrons. The van der Waals surface area contributed by atoms with E-state index in [4.69, 9.17) is 0 Å². The zero-order valence-corrected chi connectivity index (χ0v) is 17.1. The van der Waals surface area contributed by atoms with Crippen molar-refractivity contribution in [2.75, 3.05) is 32.9 Å². The van der Waals surface area contributed by atoms with Gasteiger partial charge < -0.3 is 10.6 Å². The lowest BCUT2D eigenvalue weighted by Gasteiger charge is -2.33. The van der Waals surface area contributed by atoms with Crippen LogP contribution < -0.4 is 10.6 Å². The predicted molar refractivity (Wildman–Crippen MR) is 104 cm³/mol. The Morgan fingerprint density at radius 1 is 1.12 bits per heavy atom. The van der Waals surface area contributed by atoms with E-state index in [1.807, 2.05) is 7.05 Å². The number of hydrogen-bond acceptors (Lipinski definition) is 3. The molecule has 1 heterocycles. The topological polar surface area (TPSA) is 73.8 Å². The van der Waals surface area contributed by atoms with Crippen molar-refractivity contribution in [1.29, 1.82) is 0 Å². The molecule has 7 heteroatoms. The summed E-state index contributed by atoms with van der Waals surface area (Å²) in [5, 5.41) is 7.02. The Labute approximate surface area is 153 Å². The molecule has 2 aliphatic rings. The number of guanidine groups is 1. The fourth-order valence-corrected chi connectivity index (χ4v) is 4.88. The van der Waals surface area contributed by atoms with Crippen LogP contribution in [0, 0.1) is 17.8 Å². The number of sulfonamides is 1. The van der Waals surface area contributed by atoms with Crippen LogP contribution in [0.2, 0.25) is 0 Å². The summed E-state index contributed by atoms with van der Waals surface area (Å²) in [6, 6.07) is 0.522. The van der Waals surface area contributed by atoms with Gasteiger partial charge in [0.05, 0.1) is 6.26 Å². The summed E-state index contributed by atoms with van der Waals surface area (Å²) in [6.45, 7) is 6.79. The second kappa shape index (κ2) is 9.21. The van der Waals surface area contributed by atoms with Crippen LogP contribution in [0.15, 0.2) is 4.99 Å². The van der Waals surface area contributed by atoms with E-state index in [0.29, 0.717) is 25.0 Å². The van der Waals surface area contributed by atoms with Crippen molar-refractivity contribution in [3.8, 4) is 0 Å². The summed E-state index contributed by atoms with van der Waals surface area (Å²) in [4.78, 5) is 4.36. The highest BCUT2D eigenvalue weighted by atomic mass is 32.2. The van der Waals surface area contributed by atoms with Crippen molar-refractivity contribution in [2.24, 2.45) is 22.7 Å². The van der Waals surface area contributed by atoms with Crippen LogP contribution in [0.25, 0.3) is 0 Å². The Balaban J connectivity index is 1.70. The van der Waals surface area contributed by atoms with E-state index in [1.165, 1.54) is 31.9 Å². The molecule has 0 radical (unpaired) electrons. The Bertz CT molecular complexity index is 531. The van der Waals surface area contributed by atoms with E-state index >= 15 is 0 Å². The molecule has 0 unspecified atom stereocenters. The van der Waals surface area contributed by atoms with E-state index in [9.17, 15) is 8.42 Å². The van der Waals surface area contributed by atoms with Gasteiger partial charge in [-0.1, -0.05) is 13.8 Å². The molecule has 0 amide bonds. The monoisotopic (exact) mass is 372 g/mol. The minimum absolute atomic E-state index is 0.508. The van der Waals surface area contributed by atoms with Crippen molar-refractivity contribution >= 4 is 16.0 Å². The van der Waals surface area contributed by atoms with Gasteiger partial charge in [-0.2, -0.15) is 0 Å². The number of nitrogens with one attached hydrogen (secondary N) is 2. The molecule has 0 atom stereocenters. The average Bonchev–Trinajstić information content (AvgIpc) is 2.58. The third kappa shape index (κ3) is 6.44. The van der Waals surface area contributed by atoms with Gasteiger partial charge in [-0.25, -0.2) is 12.7 Å². The van der Waals surface area contributed by atoms with E-state index in [-0.39, 0.29) is 0 Å². The number of rotatable bonds is 5. The molecule has 0 aromatic rings. The molecular formula is C18H36N4O2S. The van der Waals surface area contributed by atoms with Crippen molar-refractivity contribution in [3.05, 3.63) is 0 Å². The molecule has 0 bridgehead atoms. The van der Waals surface area contributed by atoms with Gasteiger partial charge in [0.15, 0.2) is 5.96 Å². The second-order valence-electron chi connectivity index (χ2n) is 8.06. The first kappa shape index (κ1) is 20.5. The quantitative estimate of drug-likeness (QED) is 0.572. The summed E-state index contributed by atoms with van der Waals surface area (Å²) >= 11 is 0. The van der Waals surface area contributed by atoms with Gasteiger partial charge >= 0.3 is 0 Å². The molecule has 0 aromatic carbocycles. The highest BCUT2D eigenvalue weighted by molar-refractivity contribution is 7.88. The van der Waals surface area contributed by atoms with Gasteiger partial charge in [-0.15, -0.1) is 0 Å². The zero-order valence-electron chi connectivity index (χ0n) is 16.3. The van der Waals surface area contributed by atoms with Crippen LogP contribution in [-0.4, -0.2) is 57.7 Å². The first-order valence-corrected chi connectivity index (χ1v) is 11.6. The summed E-state index contributed by atoms with van der Waals surface area (Å²) < 4.78 is 24.7. The van der Waals surface area contributed by atoms with Crippen molar-refractivity contribution in [1.82, 2.24) is 14.9 Å². The van der Waals surface area contributed by atoms with Crippen molar-refractivity contribution < 1.29 is 8.42 Å². The molecule has 2 fully saturated rings. The van der Waals surface area contributed by atoms with Gasteiger partial charge in [0.25, 0.3) is 0 Å². The highest BCUT2D eigenvalue weighted by Gasteiger charge is 2.26. The fourth-order valence-electron chi connectivity index (χ4n) is 4.00. The summed E-state index contributed by atoms with van der Waals surface area (Å²) in [5.74, 6) is 3.05. The van der Waals surface area contributed by atoms with Crippen LogP contribution in [0.4, 0.5) is 0 Å². The first-order chi connectivity index (χ1) is 11.8. The number of piperidine rings is 1. The fraction of sp³-hybridized carbons (Fsp3) is 0.944. The maximum absolute atomic E-state index is 11.6. The number of nitrogens with zero attached hydrogens (tertiary/aromatic N) is 2. The summed E-state index contributed by atoms with van der Waals surface area (Å²) in [5.41, 5.74) is 0. The van der Waals surface area contributed by atoms with Crippen LogP contribution in [0.5, 0.6) is 0 Å². The Hall–Kier alpha value is -0.820. The highest BCUT2D eigenvalue weighted by Crippen LogP contribution is 2.29. The second-order valence-corrected chi connectivity index (χ2v) is 10.0. The summed E-state index contributed by atoms with van der Waals surface area (Å²) in [7, 11) is -1.22. The molecular weight excluding hydrogens is 336 g/mol. The molecule has 1 saturated heterocycles. The van der Waals surface area contributed by atoms with E-state index in [0.717, 1.165) is 37.2 Å². The molecule has 6 nitrogen and oxygen atoms in total.